The molecule has 0 unspecified atom stereocenters. The first-order valence-electron chi connectivity index (χ1n) is 6.81. The zero-order chi connectivity index (χ0) is 13.7. The normalized spacial score (nSPS) is 15.5. The van der Waals surface area contributed by atoms with Crippen LogP contribution in [0.2, 0.25) is 0 Å². The Kier molecular flexibility index (Phi) is 5.24. The number of hydrogen-bond donors (Lipinski definition) is 2. The first-order chi connectivity index (χ1) is 9.22. The number of nitrogens with two attached hydrogens (primary N) is 1. The molecule has 0 saturated heterocycles. The molecule has 0 amide bonds. The summed E-state index contributed by atoms with van der Waals surface area (Å²) in [6.45, 7) is 1.95. The molecule has 1 aromatic heterocycles. The van der Waals surface area contributed by atoms with Crippen molar-refractivity contribution in [2.24, 2.45) is 5.73 Å². The van der Waals surface area contributed by atoms with E-state index in [4.69, 9.17) is 23.1 Å². The lowest BCUT2D eigenvalue weighted by Gasteiger charge is -2.37. The van der Waals surface area contributed by atoms with E-state index in [9.17, 15) is 0 Å². The van der Waals surface area contributed by atoms with Gasteiger partial charge in [-0.05, 0) is 30.9 Å². The Morgan fingerprint density at radius 2 is 2.32 bits per heavy atom. The third kappa shape index (κ3) is 3.72. The summed E-state index contributed by atoms with van der Waals surface area (Å²) >= 11 is 5.05. The van der Waals surface area contributed by atoms with E-state index in [1.165, 1.54) is 19.3 Å². The van der Waals surface area contributed by atoms with E-state index in [2.05, 4.69) is 9.88 Å². The summed E-state index contributed by atoms with van der Waals surface area (Å²) in [5.41, 5.74) is 7.53. The highest BCUT2D eigenvalue weighted by Gasteiger charge is 2.25. The number of rotatable bonds is 7. The molecule has 0 aliphatic heterocycles. The highest BCUT2D eigenvalue weighted by atomic mass is 32.1. The number of hydrogen-bond acceptors (Lipinski definition) is 4. The largest absolute Gasteiger partial charge is 0.396 e. The maximum absolute atomic E-state index is 9.02. The van der Waals surface area contributed by atoms with Crippen LogP contribution in [-0.4, -0.2) is 39.2 Å². The first-order valence-corrected chi connectivity index (χ1v) is 7.22. The van der Waals surface area contributed by atoms with Gasteiger partial charge in [0, 0.05) is 31.9 Å². The number of pyridine rings is 1. The fourth-order valence-corrected chi connectivity index (χ4v) is 2.61. The Labute approximate surface area is 119 Å². The molecule has 19 heavy (non-hydrogen) atoms. The molecule has 0 radical (unpaired) electrons. The summed E-state index contributed by atoms with van der Waals surface area (Å²) in [6.07, 6.45) is 6.32. The van der Waals surface area contributed by atoms with Crippen LogP contribution in [0.15, 0.2) is 18.3 Å². The van der Waals surface area contributed by atoms with Crippen molar-refractivity contribution in [3.05, 3.63) is 29.6 Å². The van der Waals surface area contributed by atoms with Crippen LogP contribution in [0.5, 0.6) is 0 Å². The molecule has 0 spiro atoms. The van der Waals surface area contributed by atoms with E-state index < -0.39 is 0 Å². The monoisotopic (exact) mass is 279 g/mol. The molecular formula is C14H21N3OS. The van der Waals surface area contributed by atoms with Crippen molar-refractivity contribution < 1.29 is 5.11 Å². The second kappa shape index (κ2) is 6.93. The average Bonchev–Trinajstić information content (AvgIpc) is 2.34. The fourth-order valence-electron chi connectivity index (χ4n) is 2.42. The van der Waals surface area contributed by atoms with Crippen LogP contribution in [0.4, 0.5) is 0 Å². The summed E-state index contributed by atoms with van der Waals surface area (Å²) < 4.78 is 0. The summed E-state index contributed by atoms with van der Waals surface area (Å²) in [6, 6.07) is 4.58. The minimum atomic E-state index is 0.235. The van der Waals surface area contributed by atoms with E-state index in [0.717, 1.165) is 30.8 Å². The van der Waals surface area contributed by atoms with Gasteiger partial charge in [-0.3, -0.25) is 9.88 Å². The molecule has 0 atom stereocenters. The molecule has 1 fully saturated rings. The van der Waals surface area contributed by atoms with Gasteiger partial charge < -0.3 is 10.8 Å². The van der Waals surface area contributed by atoms with Gasteiger partial charge in [-0.15, -0.1) is 0 Å². The van der Waals surface area contributed by atoms with Crippen molar-refractivity contribution in [1.29, 1.82) is 0 Å². The lowest BCUT2D eigenvalue weighted by atomic mass is 9.91. The minimum absolute atomic E-state index is 0.235. The van der Waals surface area contributed by atoms with Crippen molar-refractivity contribution in [3.8, 4) is 0 Å². The van der Waals surface area contributed by atoms with Gasteiger partial charge in [0.15, 0.2) is 0 Å². The molecule has 2 rings (SSSR count). The lowest BCUT2D eigenvalue weighted by molar-refractivity contribution is 0.109. The number of aromatic nitrogens is 1. The van der Waals surface area contributed by atoms with Crippen LogP contribution in [-0.2, 0) is 6.54 Å². The third-order valence-corrected chi connectivity index (χ3v) is 3.89. The van der Waals surface area contributed by atoms with E-state index in [-0.39, 0.29) is 6.61 Å². The van der Waals surface area contributed by atoms with Crippen molar-refractivity contribution >= 4 is 17.2 Å². The maximum atomic E-state index is 9.02. The Hall–Kier alpha value is -1.04. The molecule has 104 valence electrons. The Balaban J connectivity index is 2.09. The zero-order valence-electron chi connectivity index (χ0n) is 11.1. The molecule has 1 aromatic rings. The number of aliphatic hydroxyl groups is 1. The van der Waals surface area contributed by atoms with Gasteiger partial charge in [0.1, 0.15) is 10.7 Å². The highest BCUT2D eigenvalue weighted by Crippen LogP contribution is 2.26. The molecule has 0 bridgehead atoms. The van der Waals surface area contributed by atoms with Crippen LogP contribution in [0.25, 0.3) is 0 Å². The quantitative estimate of drug-likeness (QED) is 0.740. The molecule has 1 heterocycles. The summed E-state index contributed by atoms with van der Waals surface area (Å²) in [4.78, 5) is 7.04. The summed E-state index contributed by atoms with van der Waals surface area (Å²) in [5.74, 6) is 0. The minimum Gasteiger partial charge on any atom is -0.396 e. The molecule has 1 saturated carbocycles. The van der Waals surface area contributed by atoms with E-state index >= 15 is 0 Å². The van der Waals surface area contributed by atoms with Crippen LogP contribution in [0.1, 0.15) is 36.9 Å². The third-order valence-electron chi connectivity index (χ3n) is 3.69. The van der Waals surface area contributed by atoms with E-state index in [1.54, 1.807) is 6.20 Å². The van der Waals surface area contributed by atoms with Crippen molar-refractivity contribution in [2.45, 2.75) is 38.3 Å². The predicted molar refractivity (Wildman–Crippen MR) is 79.9 cm³/mol. The summed E-state index contributed by atoms with van der Waals surface area (Å²) in [5, 5.41) is 9.02. The fraction of sp³-hybridized carbons (Fsp3) is 0.571. The molecule has 0 aromatic carbocycles. The molecular weight excluding hydrogens is 258 g/mol. The van der Waals surface area contributed by atoms with Gasteiger partial charge in [0.05, 0.1) is 0 Å². The van der Waals surface area contributed by atoms with E-state index in [0.29, 0.717) is 11.0 Å². The van der Waals surface area contributed by atoms with Gasteiger partial charge in [0.2, 0.25) is 0 Å². The topological polar surface area (TPSA) is 62.4 Å². The van der Waals surface area contributed by atoms with Crippen molar-refractivity contribution in [1.82, 2.24) is 9.88 Å². The Morgan fingerprint density at radius 3 is 2.89 bits per heavy atom. The SMILES string of the molecule is NC(=S)c1ncccc1CN(CCCO)C1CCC1. The molecule has 1 aliphatic rings. The van der Waals surface area contributed by atoms with Crippen molar-refractivity contribution in [2.75, 3.05) is 13.2 Å². The smallest absolute Gasteiger partial charge is 0.123 e. The van der Waals surface area contributed by atoms with Crippen LogP contribution < -0.4 is 5.73 Å². The highest BCUT2D eigenvalue weighted by molar-refractivity contribution is 7.80. The summed E-state index contributed by atoms with van der Waals surface area (Å²) in [7, 11) is 0. The van der Waals surface area contributed by atoms with Gasteiger partial charge in [-0.25, -0.2) is 0 Å². The second-order valence-corrected chi connectivity index (χ2v) is 5.45. The molecule has 5 heteroatoms. The maximum Gasteiger partial charge on any atom is 0.123 e. The van der Waals surface area contributed by atoms with E-state index in [1.807, 2.05) is 12.1 Å². The Morgan fingerprint density at radius 1 is 1.53 bits per heavy atom. The van der Waals surface area contributed by atoms with Gasteiger partial charge in [-0.2, -0.15) is 0 Å². The van der Waals surface area contributed by atoms with Gasteiger partial charge in [0.25, 0.3) is 0 Å². The number of thiocarbonyl (C=S) groups is 1. The standard InChI is InChI=1S/C14H21N3OS/c15-14(19)13-11(4-2-7-16-13)10-17(8-3-9-18)12-5-1-6-12/h2,4,7,12,18H,1,3,5-6,8-10H2,(H2,15,19). The van der Waals surface area contributed by atoms with Gasteiger partial charge >= 0.3 is 0 Å². The number of nitrogens with zero attached hydrogens (tertiary/aromatic N) is 2. The first kappa shape index (κ1) is 14.4. The molecule has 3 N–H and O–H groups in total. The van der Waals surface area contributed by atoms with Crippen LogP contribution in [0, 0.1) is 0 Å². The molecule has 4 nitrogen and oxygen atoms in total. The average molecular weight is 279 g/mol. The predicted octanol–water partition coefficient (Wildman–Crippen LogP) is 1.45. The van der Waals surface area contributed by atoms with Gasteiger partial charge in [-0.1, -0.05) is 24.7 Å². The second-order valence-electron chi connectivity index (χ2n) is 5.01. The number of aliphatic hydroxyl groups excluding tert-OH is 1. The lowest BCUT2D eigenvalue weighted by Crippen LogP contribution is -2.40. The molecule has 1 aliphatic carbocycles. The van der Waals surface area contributed by atoms with Crippen LogP contribution >= 0.6 is 12.2 Å². The van der Waals surface area contributed by atoms with Crippen LogP contribution in [0.3, 0.4) is 0 Å². The van der Waals surface area contributed by atoms with Crippen molar-refractivity contribution in [3.63, 3.8) is 0 Å². The Bertz CT molecular complexity index is 434. The zero-order valence-corrected chi connectivity index (χ0v) is 11.9.